The largest absolute Gasteiger partial charge is 0.338 e. The summed E-state index contributed by atoms with van der Waals surface area (Å²) in [6.07, 6.45) is 6.01. The minimum atomic E-state index is 0.126. The van der Waals surface area contributed by atoms with Crippen LogP contribution in [0.25, 0.3) is 0 Å². The van der Waals surface area contributed by atoms with Gasteiger partial charge in [-0.2, -0.15) is 0 Å². The van der Waals surface area contributed by atoms with E-state index in [-0.39, 0.29) is 11.8 Å². The van der Waals surface area contributed by atoms with Crippen LogP contribution in [0.4, 0.5) is 0 Å². The number of carbonyl (C=O) groups is 1. The van der Waals surface area contributed by atoms with Crippen LogP contribution in [0.1, 0.15) is 46.1 Å². The minimum absolute atomic E-state index is 0.126. The van der Waals surface area contributed by atoms with Crippen LogP contribution in [0.2, 0.25) is 0 Å². The maximum absolute atomic E-state index is 12.9. The monoisotopic (exact) mass is 359 g/mol. The lowest BCUT2D eigenvalue weighted by Crippen LogP contribution is -2.39. The molecule has 1 aromatic heterocycles. The van der Waals surface area contributed by atoms with Crippen molar-refractivity contribution in [3.63, 3.8) is 0 Å². The summed E-state index contributed by atoms with van der Waals surface area (Å²) < 4.78 is 2.22. The molecule has 0 unspecified atom stereocenters. The van der Waals surface area contributed by atoms with Crippen LogP contribution in [0.5, 0.6) is 0 Å². The number of benzene rings is 2. The Morgan fingerprint density at radius 1 is 1.11 bits per heavy atom. The summed E-state index contributed by atoms with van der Waals surface area (Å²) >= 11 is 0. The van der Waals surface area contributed by atoms with Crippen molar-refractivity contribution in [1.29, 1.82) is 0 Å². The molecular formula is C23H25N3O. The van der Waals surface area contributed by atoms with E-state index >= 15 is 0 Å². The van der Waals surface area contributed by atoms with Gasteiger partial charge in [-0.25, -0.2) is 4.98 Å². The Bertz CT molecular complexity index is 899. The third-order valence-electron chi connectivity index (χ3n) is 5.32. The lowest BCUT2D eigenvalue weighted by Gasteiger charge is -2.33. The van der Waals surface area contributed by atoms with Crippen LogP contribution in [-0.4, -0.2) is 33.4 Å². The van der Waals surface area contributed by atoms with E-state index in [0.717, 1.165) is 43.9 Å². The van der Waals surface area contributed by atoms with Crippen molar-refractivity contribution in [2.75, 3.05) is 13.1 Å². The van der Waals surface area contributed by atoms with E-state index in [2.05, 4.69) is 33.8 Å². The fourth-order valence-corrected chi connectivity index (χ4v) is 3.85. The number of nitrogens with zero attached hydrogens (tertiary/aromatic N) is 3. The molecule has 0 spiro atoms. The van der Waals surface area contributed by atoms with Crippen molar-refractivity contribution in [1.82, 2.24) is 14.5 Å². The van der Waals surface area contributed by atoms with Gasteiger partial charge in [0.1, 0.15) is 5.82 Å². The molecule has 4 nitrogen and oxygen atoms in total. The van der Waals surface area contributed by atoms with Gasteiger partial charge >= 0.3 is 0 Å². The Morgan fingerprint density at radius 3 is 2.67 bits per heavy atom. The first-order valence-electron chi connectivity index (χ1n) is 9.61. The maximum atomic E-state index is 12.9. The van der Waals surface area contributed by atoms with Crippen LogP contribution in [0.3, 0.4) is 0 Å². The summed E-state index contributed by atoms with van der Waals surface area (Å²) in [6, 6.07) is 18.3. The molecule has 1 aliphatic rings. The molecule has 0 bridgehead atoms. The van der Waals surface area contributed by atoms with Gasteiger partial charge in [0.15, 0.2) is 0 Å². The molecule has 27 heavy (non-hydrogen) atoms. The number of aromatic nitrogens is 2. The minimum Gasteiger partial charge on any atom is -0.338 e. The lowest BCUT2D eigenvalue weighted by atomic mass is 9.96. The van der Waals surface area contributed by atoms with E-state index in [9.17, 15) is 4.79 Å². The summed E-state index contributed by atoms with van der Waals surface area (Å²) in [5.74, 6) is 1.49. The number of piperidine rings is 1. The predicted octanol–water partition coefficient (Wildman–Crippen LogP) is 4.26. The van der Waals surface area contributed by atoms with Crippen molar-refractivity contribution >= 4 is 5.91 Å². The number of imidazole rings is 1. The Labute approximate surface area is 160 Å². The first kappa shape index (κ1) is 17.5. The van der Waals surface area contributed by atoms with Crippen molar-refractivity contribution < 1.29 is 4.79 Å². The van der Waals surface area contributed by atoms with Crippen LogP contribution in [0, 0.1) is 6.92 Å². The molecule has 2 aromatic carbocycles. The zero-order valence-corrected chi connectivity index (χ0v) is 15.7. The highest BCUT2D eigenvalue weighted by molar-refractivity contribution is 5.94. The van der Waals surface area contributed by atoms with Gasteiger partial charge < -0.3 is 9.47 Å². The van der Waals surface area contributed by atoms with Crippen LogP contribution in [-0.2, 0) is 6.54 Å². The van der Waals surface area contributed by atoms with E-state index in [1.54, 1.807) is 0 Å². The number of amides is 1. The van der Waals surface area contributed by atoms with Crippen LogP contribution < -0.4 is 0 Å². The second kappa shape index (κ2) is 7.78. The molecule has 1 atom stereocenters. The van der Waals surface area contributed by atoms with Gasteiger partial charge in [0.25, 0.3) is 5.91 Å². The topological polar surface area (TPSA) is 38.1 Å². The lowest BCUT2D eigenvalue weighted by molar-refractivity contribution is 0.0703. The molecule has 0 saturated carbocycles. The van der Waals surface area contributed by atoms with Gasteiger partial charge in [0, 0.05) is 43.5 Å². The second-order valence-electron chi connectivity index (χ2n) is 7.36. The van der Waals surface area contributed by atoms with E-state index in [4.69, 9.17) is 0 Å². The van der Waals surface area contributed by atoms with Crippen LogP contribution in [0.15, 0.2) is 67.0 Å². The number of aryl methyl sites for hydroxylation is 1. The number of likely N-dealkylation sites (tertiary alicyclic amines) is 1. The van der Waals surface area contributed by atoms with Gasteiger partial charge in [0.05, 0.1) is 0 Å². The highest BCUT2D eigenvalue weighted by Crippen LogP contribution is 2.27. The first-order chi connectivity index (χ1) is 13.2. The Morgan fingerprint density at radius 2 is 1.89 bits per heavy atom. The normalized spacial score (nSPS) is 17.1. The molecule has 4 rings (SSSR count). The molecule has 1 amide bonds. The van der Waals surface area contributed by atoms with Gasteiger partial charge in [-0.1, -0.05) is 48.0 Å². The Balaban J connectivity index is 1.50. The quantitative estimate of drug-likeness (QED) is 0.698. The third kappa shape index (κ3) is 3.95. The molecule has 1 fully saturated rings. The summed E-state index contributed by atoms with van der Waals surface area (Å²) in [5.41, 5.74) is 3.21. The molecule has 138 valence electrons. The molecule has 0 N–H and O–H groups in total. The van der Waals surface area contributed by atoms with E-state index in [0.29, 0.717) is 0 Å². The predicted molar refractivity (Wildman–Crippen MR) is 107 cm³/mol. The zero-order valence-electron chi connectivity index (χ0n) is 15.7. The number of hydrogen-bond donors (Lipinski definition) is 0. The van der Waals surface area contributed by atoms with Gasteiger partial charge in [-0.15, -0.1) is 0 Å². The molecule has 1 saturated heterocycles. The number of carbonyl (C=O) groups excluding carboxylic acids is 1. The fourth-order valence-electron chi connectivity index (χ4n) is 3.85. The maximum Gasteiger partial charge on any atom is 0.253 e. The number of hydrogen-bond acceptors (Lipinski definition) is 2. The Kier molecular flexibility index (Phi) is 5.05. The second-order valence-corrected chi connectivity index (χ2v) is 7.36. The van der Waals surface area contributed by atoms with Crippen molar-refractivity contribution in [3.05, 3.63) is 89.5 Å². The third-order valence-corrected chi connectivity index (χ3v) is 5.32. The molecular weight excluding hydrogens is 334 g/mol. The van der Waals surface area contributed by atoms with Gasteiger partial charge in [-0.3, -0.25) is 4.79 Å². The van der Waals surface area contributed by atoms with Crippen molar-refractivity contribution in [2.24, 2.45) is 0 Å². The molecule has 0 aliphatic carbocycles. The number of rotatable bonds is 4. The molecule has 4 heteroatoms. The van der Waals surface area contributed by atoms with E-state index in [1.807, 2.05) is 54.5 Å². The molecule has 0 radical (unpaired) electrons. The summed E-state index contributed by atoms with van der Waals surface area (Å²) in [7, 11) is 0. The first-order valence-corrected chi connectivity index (χ1v) is 9.61. The van der Waals surface area contributed by atoms with Gasteiger partial charge in [0.2, 0.25) is 0 Å². The highest BCUT2D eigenvalue weighted by Gasteiger charge is 2.28. The van der Waals surface area contributed by atoms with Crippen molar-refractivity contribution in [3.8, 4) is 0 Å². The average molecular weight is 359 g/mol. The summed E-state index contributed by atoms with van der Waals surface area (Å²) in [5, 5.41) is 0. The standard InChI is InChI=1S/C23H25N3O/c1-18-9-11-20(12-10-18)23(27)26-14-5-8-21(17-26)22-24-13-15-25(22)16-19-6-3-2-4-7-19/h2-4,6-7,9-13,15,21H,5,8,14,16-17H2,1H3/t21-/m0/s1. The average Bonchev–Trinajstić information content (AvgIpc) is 3.17. The fraction of sp³-hybridized carbons (Fsp3) is 0.304. The summed E-state index contributed by atoms with van der Waals surface area (Å²) in [6.45, 7) is 4.41. The summed E-state index contributed by atoms with van der Waals surface area (Å²) in [4.78, 5) is 19.5. The molecule has 2 heterocycles. The zero-order chi connectivity index (χ0) is 18.6. The smallest absolute Gasteiger partial charge is 0.253 e. The molecule has 3 aromatic rings. The highest BCUT2D eigenvalue weighted by atomic mass is 16.2. The Hall–Kier alpha value is -2.88. The SMILES string of the molecule is Cc1ccc(C(=O)N2CCC[C@H](c3nccn3Cc3ccccc3)C2)cc1. The van der Waals surface area contributed by atoms with Crippen LogP contribution >= 0.6 is 0 Å². The van der Waals surface area contributed by atoms with Gasteiger partial charge in [-0.05, 0) is 37.5 Å². The van der Waals surface area contributed by atoms with E-state index in [1.165, 1.54) is 11.1 Å². The van der Waals surface area contributed by atoms with Crippen molar-refractivity contribution in [2.45, 2.75) is 32.2 Å². The van der Waals surface area contributed by atoms with E-state index < -0.39 is 0 Å². The molecule has 1 aliphatic heterocycles.